The zero-order chi connectivity index (χ0) is 17.1. The number of carbonyl (C=O) groups is 1. The lowest BCUT2D eigenvalue weighted by Gasteiger charge is -2.09. The molecule has 124 valence electrons. The van der Waals surface area contributed by atoms with E-state index in [0.29, 0.717) is 10.9 Å². The summed E-state index contributed by atoms with van der Waals surface area (Å²) < 4.78 is 2.08. The van der Waals surface area contributed by atoms with Crippen LogP contribution in [0.1, 0.15) is 23.7 Å². The standard InChI is InChI=1S/C17H18N4OS2/c1-11-4-5-15(8-12(11)2)21-7-6-18-17(21)24-10-14-9-23-16(20-14)19-13(3)22/h4-9H,10H2,1-3H3,(H,19,20,22). The Labute approximate surface area is 149 Å². The Morgan fingerprint density at radius 2 is 2.17 bits per heavy atom. The number of amides is 1. The predicted molar refractivity (Wildman–Crippen MR) is 99.0 cm³/mol. The second-order valence-corrected chi connectivity index (χ2v) is 7.26. The molecule has 0 bridgehead atoms. The van der Waals surface area contributed by atoms with Gasteiger partial charge in [-0.05, 0) is 37.1 Å². The summed E-state index contributed by atoms with van der Waals surface area (Å²) in [6.45, 7) is 5.70. The minimum Gasteiger partial charge on any atom is -0.302 e. The van der Waals surface area contributed by atoms with Crippen molar-refractivity contribution in [1.82, 2.24) is 14.5 Å². The predicted octanol–water partition coefficient (Wildman–Crippen LogP) is 4.20. The number of thioether (sulfide) groups is 1. The van der Waals surface area contributed by atoms with E-state index in [9.17, 15) is 4.79 Å². The van der Waals surface area contributed by atoms with Gasteiger partial charge in [-0.15, -0.1) is 11.3 Å². The number of benzene rings is 1. The Morgan fingerprint density at radius 3 is 2.92 bits per heavy atom. The third-order valence-corrected chi connectivity index (χ3v) is 5.37. The monoisotopic (exact) mass is 358 g/mol. The van der Waals surface area contributed by atoms with Crippen LogP contribution in [0.5, 0.6) is 0 Å². The second kappa shape index (κ2) is 7.19. The molecule has 0 aliphatic heterocycles. The van der Waals surface area contributed by atoms with Gasteiger partial charge in [-0.25, -0.2) is 9.97 Å². The topological polar surface area (TPSA) is 59.8 Å². The van der Waals surface area contributed by atoms with Crippen LogP contribution in [-0.2, 0) is 10.5 Å². The number of aryl methyl sites for hydroxylation is 2. The molecule has 0 saturated carbocycles. The van der Waals surface area contributed by atoms with E-state index in [1.165, 1.54) is 29.4 Å². The Morgan fingerprint density at radius 1 is 1.33 bits per heavy atom. The number of anilines is 1. The summed E-state index contributed by atoms with van der Waals surface area (Å²) >= 11 is 3.06. The van der Waals surface area contributed by atoms with Crippen molar-refractivity contribution in [2.24, 2.45) is 0 Å². The molecule has 7 heteroatoms. The van der Waals surface area contributed by atoms with Crippen molar-refractivity contribution in [3.05, 3.63) is 52.8 Å². The Bertz CT molecular complexity index is 869. The summed E-state index contributed by atoms with van der Waals surface area (Å²) in [5.74, 6) is 0.603. The second-order valence-electron chi connectivity index (χ2n) is 5.46. The average molecular weight is 358 g/mol. The summed E-state index contributed by atoms with van der Waals surface area (Å²) in [6, 6.07) is 6.39. The Kier molecular flexibility index (Phi) is 5.01. The molecule has 5 nitrogen and oxygen atoms in total. The number of nitrogens with one attached hydrogen (secondary N) is 1. The molecule has 0 radical (unpaired) electrons. The third-order valence-electron chi connectivity index (χ3n) is 3.56. The van der Waals surface area contributed by atoms with Crippen LogP contribution in [0, 0.1) is 13.8 Å². The van der Waals surface area contributed by atoms with Crippen molar-refractivity contribution < 1.29 is 4.79 Å². The number of nitrogens with zero attached hydrogens (tertiary/aromatic N) is 3. The molecule has 2 heterocycles. The van der Waals surface area contributed by atoms with Gasteiger partial charge < -0.3 is 5.32 Å². The zero-order valence-electron chi connectivity index (χ0n) is 13.7. The highest BCUT2D eigenvalue weighted by Gasteiger charge is 2.09. The number of imidazole rings is 1. The molecular formula is C17H18N4OS2. The van der Waals surface area contributed by atoms with Gasteiger partial charge in [0.2, 0.25) is 5.91 Å². The Balaban J connectivity index is 1.72. The van der Waals surface area contributed by atoms with Crippen LogP contribution >= 0.6 is 23.1 Å². The van der Waals surface area contributed by atoms with Gasteiger partial charge >= 0.3 is 0 Å². The van der Waals surface area contributed by atoms with E-state index in [0.717, 1.165) is 16.5 Å². The lowest BCUT2D eigenvalue weighted by Crippen LogP contribution is -2.05. The minimum atomic E-state index is -0.103. The average Bonchev–Trinajstić information content (AvgIpc) is 3.16. The summed E-state index contributed by atoms with van der Waals surface area (Å²) in [5, 5.41) is 6.22. The molecule has 0 aliphatic rings. The van der Waals surface area contributed by atoms with E-state index in [1.54, 1.807) is 18.0 Å². The van der Waals surface area contributed by atoms with Crippen molar-refractivity contribution in [1.29, 1.82) is 0 Å². The van der Waals surface area contributed by atoms with Crippen LogP contribution in [0.25, 0.3) is 5.69 Å². The molecule has 1 N–H and O–H groups in total. The van der Waals surface area contributed by atoms with Crippen molar-refractivity contribution in [2.45, 2.75) is 31.7 Å². The fourth-order valence-electron chi connectivity index (χ4n) is 2.19. The van der Waals surface area contributed by atoms with Crippen molar-refractivity contribution in [3.63, 3.8) is 0 Å². The lowest BCUT2D eigenvalue weighted by atomic mass is 10.1. The summed E-state index contributed by atoms with van der Waals surface area (Å²) in [7, 11) is 0. The van der Waals surface area contributed by atoms with Crippen LogP contribution < -0.4 is 5.32 Å². The quantitative estimate of drug-likeness (QED) is 0.695. The van der Waals surface area contributed by atoms with Crippen LogP contribution in [0.15, 0.2) is 41.1 Å². The molecule has 1 amide bonds. The number of carbonyl (C=O) groups excluding carboxylic acids is 1. The van der Waals surface area contributed by atoms with Crippen LogP contribution in [0.4, 0.5) is 5.13 Å². The van der Waals surface area contributed by atoms with E-state index in [2.05, 4.69) is 51.9 Å². The molecule has 0 unspecified atom stereocenters. The summed E-state index contributed by atoms with van der Waals surface area (Å²) in [6.07, 6.45) is 3.78. The van der Waals surface area contributed by atoms with Crippen molar-refractivity contribution in [3.8, 4) is 5.69 Å². The summed E-state index contributed by atoms with van der Waals surface area (Å²) in [4.78, 5) is 19.9. The van der Waals surface area contributed by atoms with E-state index in [-0.39, 0.29) is 5.91 Å². The normalized spacial score (nSPS) is 10.8. The number of aromatic nitrogens is 3. The SMILES string of the molecule is CC(=O)Nc1nc(CSc2nccn2-c2ccc(C)c(C)c2)cs1. The molecule has 3 rings (SSSR count). The fraction of sp³-hybridized carbons (Fsp3) is 0.235. The molecule has 0 fully saturated rings. The lowest BCUT2D eigenvalue weighted by molar-refractivity contribution is -0.114. The van der Waals surface area contributed by atoms with Gasteiger partial charge in [-0.2, -0.15) is 0 Å². The highest BCUT2D eigenvalue weighted by molar-refractivity contribution is 7.98. The van der Waals surface area contributed by atoms with Gasteiger partial charge in [-0.3, -0.25) is 9.36 Å². The molecule has 0 spiro atoms. The first kappa shape index (κ1) is 16.7. The first-order valence-corrected chi connectivity index (χ1v) is 9.35. The third kappa shape index (κ3) is 3.85. The number of hydrogen-bond donors (Lipinski definition) is 1. The van der Waals surface area contributed by atoms with E-state index >= 15 is 0 Å². The molecule has 0 atom stereocenters. The van der Waals surface area contributed by atoms with Gasteiger partial charge in [0.25, 0.3) is 0 Å². The summed E-state index contributed by atoms with van der Waals surface area (Å²) in [5.41, 5.74) is 4.58. The van der Waals surface area contributed by atoms with Crippen LogP contribution in [0.2, 0.25) is 0 Å². The van der Waals surface area contributed by atoms with Gasteiger partial charge in [0.05, 0.1) is 5.69 Å². The first-order chi connectivity index (χ1) is 11.5. The first-order valence-electron chi connectivity index (χ1n) is 7.48. The molecule has 0 saturated heterocycles. The zero-order valence-corrected chi connectivity index (χ0v) is 15.4. The molecular weight excluding hydrogens is 340 g/mol. The van der Waals surface area contributed by atoms with Crippen molar-refractivity contribution in [2.75, 3.05) is 5.32 Å². The Hall–Kier alpha value is -2.12. The van der Waals surface area contributed by atoms with Crippen molar-refractivity contribution >= 4 is 34.1 Å². The maximum Gasteiger partial charge on any atom is 0.223 e. The maximum absolute atomic E-state index is 11.1. The molecule has 24 heavy (non-hydrogen) atoms. The molecule has 2 aromatic heterocycles. The van der Waals surface area contributed by atoms with E-state index in [4.69, 9.17) is 0 Å². The van der Waals surface area contributed by atoms with Gasteiger partial charge in [0.15, 0.2) is 10.3 Å². The van der Waals surface area contributed by atoms with Gasteiger partial charge in [0, 0.05) is 36.1 Å². The van der Waals surface area contributed by atoms with E-state index in [1.807, 2.05) is 11.6 Å². The van der Waals surface area contributed by atoms with Crippen LogP contribution in [-0.4, -0.2) is 20.4 Å². The maximum atomic E-state index is 11.1. The highest BCUT2D eigenvalue weighted by atomic mass is 32.2. The smallest absolute Gasteiger partial charge is 0.223 e. The molecule has 0 aliphatic carbocycles. The van der Waals surface area contributed by atoms with Gasteiger partial charge in [0.1, 0.15) is 0 Å². The highest BCUT2D eigenvalue weighted by Crippen LogP contribution is 2.26. The number of thiazole rings is 1. The number of rotatable bonds is 5. The largest absolute Gasteiger partial charge is 0.302 e. The number of hydrogen-bond acceptors (Lipinski definition) is 5. The van der Waals surface area contributed by atoms with E-state index < -0.39 is 0 Å². The molecule has 3 aromatic rings. The van der Waals surface area contributed by atoms with Crippen LogP contribution in [0.3, 0.4) is 0 Å². The fourth-order valence-corrected chi connectivity index (χ4v) is 3.92. The minimum absolute atomic E-state index is 0.103. The van der Waals surface area contributed by atoms with Gasteiger partial charge in [-0.1, -0.05) is 17.8 Å². The molecule has 1 aromatic carbocycles.